The van der Waals surface area contributed by atoms with Crippen molar-refractivity contribution < 1.29 is 0 Å². The molecule has 2 unspecified atom stereocenters. The van der Waals surface area contributed by atoms with Crippen molar-refractivity contribution in [1.29, 1.82) is 0 Å². The van der Waals surface area contributed by atoms with E-state index in [4.69, 9.17) is 5.73 Å². The van der Waals surface area contributed by atoms with Crippen LogP contribution in [0.4, 0.5) is 11.6 Å². The molecular weight excluding hydrogens is 262 g/mol. The second kappa shape index (κ2) is 5.15. The molecule has 3 N–H and O–H groups in total. The van der Waals surface area contributed by atoms with Crippen LogP contribution in [-0.2, 0) is 0 Å². The van der Waals surface area contributed by atoms with E-state index in [1.54, 1.807) is 0 Å². The van der Waals surface area contributed by atoms with E-state index >= 15 is 0 Å². The minimum Gasteiger partial charge on any atom is -0.381 e. The highest BCUT2D eigenvalue weighted by molar-refractivity contribution is 5.79. The van der Waals surface area contributed by atoms with Crippen LogP contribution in [0.1, 0.15) is 25.7 Å². The van der Waals surface area contributed by atoms with Crippen molar-refractivity contribution in [3.05, 3.63) is 24.3 Å². The smallest absolute Gasteiger partial charge is 0.169 e. The highest BCUT2D eigenvalue weighted by Crippen LogP contribution is 2.30. The van der Waals surface area contributed by atoms with Crippen LogP contribution in [0.2, 0.25) is 0 Å². The van der Waals surface area contributed by atoms with Gasteiger partial charge in [-0.05, 0) is 37.9 Å². The summed E-state index contributed by atoms with van der Waals surface area (Å²) >= 11 is 0. The maximum absolute atomic E-state index is 6.08. The summed E-state index contributed by atoms with van der Waals surface area (Å²) in [5, 5.41) is 3.56. The van der Waals surface area contributed by atoms with Crippen molar-refractivity contribution in [2.45, 2.75) is 37.8 Å². The Bertz CT molecular complexity index is 656. The Morgan fingerprint density at radius 2 is 1.86 bits per heavy atom. The predicted molar refractivity (Wildman–Crippen MR) is 85.2 cm³/mol. The molecule has 1 aromatic carbocycles. The van der Waals surface area contributed by atoms with E-state index in [9.17, 15) is 0 Å². The number of nitrogens with one attached hydrogen (secondary N) is 1. The zero-order chi connectivity index (χ0) is 14.2. The first-order valence-corrected chi connectivity index (χ1v) is 7.84. The summed E-state index contributed by atoms with van der Waals surface area (Å²) in [6.07, 6.45) is 5.11. The van der Waals surface area contributed by atoms with Gasteiger partial charge in [-0.3, -0.25) is 4.90 Å². The molecule has 4 rings (SSSR count). The minimum absolute atomic E-state index is 0.447. The van der Waals surface area contributed by atoms with Gasteiger partial charge in [0, 0.05) is 18.6 Å². The second-order valence-electron chi connectivity index (χ2n) is 6.08. The molecule has 0 bridgehead atoms. The first-order valence-electron chi connectivity index (χ1n) is 7.84. The molecule has 110 valence electrons. The molecule has 0 radical (unpaired) electrons. The SMILES string of the molecule is Nc1nc2ccccc2nc1NC1CCN2CCCCC12. The Morgan fingerprint density at radius 3 is 2.71 bits per heavy atom. The van der Waals surface area contributed by atoms with Gasteiger partial charge in [0.2, 0.25) is 0 Å². The molecule has 2 atom stereocenters. The minimum atomic E-state index is 0.447. The highest BCUT2D eigenvalue weighted by Gasteiger charge is 2.35. The zero-order valence-corrected chi connectivity index (χ0v) is 12.1. The summed E-state index contributed by atoms with van der Waals surface area (Å²) in [4.78, 5) is 11.7. The van der Waals surface area contributed by atoms with Crippen LogP contribution in [0.15, 0.2) is 24.3 Å². The van der Waals surface area contributed by atoms with Crippen molar-refractivity contribution in [3.8, 4) is 0 Å². The summed E-state index contributed by atoms with van der Waals surface area (Å²) < 4.78 is 0. The number of nitrogens with zero attached hydrogens (tertiary/aromatic N) is 3. The molecule has 0 amide bonds. The quantitative estimate of drug-likeness (QED) is 0.885. The van der Waals surface area contributed by atoms with E-state index in [0.29, 0.717) is 17.9 Å². The molecular formula is C16H21N5. The summed E-state index contributed by atoms with van der Waals surface area (Å²) in [5.74, 6) is 1.24. The van der Waals surface area contributed by atoms with Crippen LogP contribution in [0.3, 0.4) is 0 Å². The average molecular weight is 283 g/mol. The van der Waals surface area contributed by atoms with E-state index in [2.05, 4.69) is 20.2 Å². The second-order valence-corrected chi connectivity index (χ2v) is 6.08. The number of aromatic nitrogens is 2. The summed E-state index contributed by atoms with van der Waals surface area (Å²) in [6.45, 7) is 2.42. The molecule has 2 aliphatic rings. The predicted octanol–water partition coefficient (Wildman–Crippen LogP) is 2.25. The van der Waals surface area contributed by atoms with Crippen LogP contribution in [0, 0.1) is 0 Å². The van der Waals surface area contributed by atoms with E-state index in [1.807, 2.05) is 24.3 Å². The number of hydrogen-bond donors (Lipinski definition) is 2. The number of benzene rings is 1. The van der Waals surface area contributed by atoms with Crippen molar-refractivity contribution in [3.63, 3.8) is 0 Å². The van der Waals surface area contributed by atoms with E-state index < -0.39 is 0 Å². The summed E-state index contributed by atoms with van der Waals surface area (Å²) in [6, 6.07) is 8.94. The number of piperidine rings is 1. The lowest BCUT2D eigenvalue weighted by molar-refractivity contribution is 0.192. The van der Waals surface area contributed by atoms with Crippen LogP contribution < -0.4 is 11.1 Å². The number of anilines is 2. The molecule has 5 nitrogen and oxygen atoms in total. The molecule has 2 aliphatic heterocycles. The largest absolute Gasteiger partial charge is 0.381 e. The van der Waals surface area contributed by atoms with E-state index in [1.165, 1.54) is 38.8 Å². The number of fused-ring (bicyclic) bond motifs is 2. The zero-order valence-electron chi connectivity index (χ0n) is 12.1. The van der Waals surface area contributed by atoms with Gasteiger partial charge in [0.1, 0.15) is 0 Å². The number of nitrogens with two attached hydrogens (primary N) is 1. The molecule has 3 heterocycles. The van der Waals surface area contributed by atoms with Gasteiger partial charge in [0.15, 0.2) is 11.6 Å². The normalized spacial score (nSPS) is 25.9. The van der Waals surface area contributed by atoms with Gasteiger partial charge in [-0.15, -0.1) is 0 Å². The Labute approximate surface area is 124 Å². The fraction of sp³-hybridized carbons (Fsp3) is 0.500. The lowest BCUT2D eigenvalue weighted by atomic mass is 9.99. The topological polar surface area (TPSA) is 67.1 Å². The monoisotopic (exact) mass is 283 g/mol. The Hall–Kier alpha value is -1.88. The Morgan fingerprint density at radius 1 is 1.05 bits per heavy atom. The number of nitrogen functional groups attached to an aromatic ring is 1. The fourth-order valence-electron chi connectivity index (χ4n) is 3.71. The van der Waals surface area contributed by atoms with Crippen molar-refractivity contribution >= 4 is 22.7 Å². The first-order chi connectivity index (χ1) is 10.3. The molecule has 0 spiro atoms. The van der Waals surface area contributed by atoms with Gasteiger partial charge in [-0.25, -0.2) is 9.97 Å². The van der Waals surface area contributed by atoms with E-state index in [0.717, 1.165) is 16.9 Å². The standard InChI is InChI=1S/C16H21N5/c17-15-16(19-12-6-2-1-5-11(12)18-15)20-13-8-10-21-9-4-3-7-14(13)21/h1-2,5-6,13-14H,3-4,7-10H2,(H2,17,18)(H,19,20). The molecule has 2 fully saturated rings. The summed E-state index contributed by atoms with van der Waals surface area (Å²) in [5.41, 5.74) is 7.83. The lowest BCUT2D eigenvalue weighted by Crippen LogP contribution is -2.42. The Balaban J connectivity index is 1.60. The molecule has 0 saturated carbocycles. The average Bonchev–Trinajstić information content (AvgIpc) is 2.91. The number of para-hydroxylation sites is 2. The molecule has 21 heavy (non-hydrogen) atoms. The molecule has 1 aromatic heterocycles. The van der Waals surface area contributed by atoms with Crippen LogP contribution in [0.5, 0.6) is 0 Å². The molecule has 2 saturated heterocycles. The van der Waals surface area contributed by atoms with Crippen LogP contribution in [-0.4, -0.2) is 40.0 Å². The van der Waals surface area contributed by atoms with Crippen molar-refractivity contribution in [2.75, 3.05) is 24.1 Å². The molecule has 5 heteroatoms. The fourth-order valence-corrected chi connectivity index (χ4v) is 3.71. The maximum Gasteiger partial charge on any atom is 0.169 e. The van der Waals surface area contributed by atoms with Gasteiger partial charge < -0.3 is 11.1 Å². The third-order valence-corrected chi connectivity index (χ3v) is 4.78. The van der Waals surface area contributed by atoms with Crippen molar-refractivity contribution in [2.24, 2.45) is 0 Å². The number of hydrogen-bond acceptors (Lipinski definition) is 5. The van der Waals surface area contributed by atoms with E-state index in [-0.39, 0.29) is 0 Å². The maximum atomic E-state index is 6.08. The third-order valence-electron chi connectivity index (χ3n) is 4.78. The first kappa shape index (κ1) is 12.8. The van der Waals surface area contributed by atoms with Crippen LogP contribution >= 0.6 is 0 Å². The van der Waals surface area contributed by atoms with Gasteiger partial charge in [0.05, 0.1) is 11.0 Å². The molecule has 0 aliphatic carbocycles. The highest BCUT2D eigenvalue weighted by atomic mass is 15.2. The Kier molecular flexibility index (Phi) is 3.15. The van der Waals surface area contributed by atoms with Gasteiger partial charge >= 0.3 is 0 Å². The van der Waals surface area contributed by atoms with Gasteiger partial charge in [-0.2, -0.15) is 0 Å². The van der Waals surface area contributed by atoms with Crippen molar-refractivity contribution in [1.82, 2.24) is 14.9 Å². The number of rotatable bonds is 2. The third kappa shape index (κ3) is 2.31. The molecule has 2 aromatic rings. The van der Waals surface area contributed by atoms with Crippen LogP contribution in [0.25, 0.3) is 11.0 Å². The van der Waals surface area contributed by atoms with Gasteiger partial charge in [-0.1, -0.05) is 18.6 Å². The van der Waals surface area contributed by atoms with Gasteiger partial charge in [0.25, 0.3) is 0 Å². The lowest BCUT2D eigenvalue weighted by Gasteiger charge is -2.32. The summed E-state index contributed by atoms with van der Waals surface area (Å²) in [7, 11) is 0.